The molecule has 0 saturated carbocycles. The quantitative estimate of drug-likeness (QED) is 0.446. The highest BCUT2D eigenvalue weighted by atomic mass is 32.2. The summed E-state index contributed by atoms with van der Waals surface area (Å²) in [7, 11) is -3.99. The number of thiazole rings is 1. The van der Waals surface area contributed by atoms with Gasteiger partial charge in [0.15, 0.2) is 14.6 Å². The molecule has 0 spiro atoms. The van der Waals surface area contributed by atoms with Crippen LogP contribution in [0.2, 0.25) is 0 Å². The van der Waals surface area contributed by atoms with Crippen molar-refractivity contribution in [2.75, 3.05) is 27.0 Å². The monoisotopic (exact) mass is 525 g/mol. The van der Waals surface area contributed by atoms with Crippen molar-refractivity contribution in [1.29, 1.82) is 0 Å². The van der Waals surface area contributed by atoms with Crippen LogP contribution in [0.25, 0.3) is 10.2 Å². The van der Waals surface area contributed by atoms with E-state index in [9.17, 15) is 21.6 Å². The van der Waals surface area contributed by atoms with Gasteiger partial charge in [-0.2, -0.15) is 9.30 Å². The Balaban J connectivity index is 2.03. The molecular formula is C22H27N3O6S3. The van der Waals surface area contributed by atoms with E-state index in [0.29, 0.717) is 22.7 Å². The van der Waals surface area contributed by atoms with Crippen molar-refractivity contribution in [3.63, 3.8) is 0 Å². The van der Waals surface area contributed by atoms with E-state index in [1.165, 1.54) is 53.0 Å². The van der Waals surface area contributed by atoms with Gasteiger partial charge in [-0.1, -0.05) is 11.3 Å². The number of sulfonamides is 1. The molecule has 1 amide bonds. The highest BCUT2D eigenvalue weighted by Gasteiger charge is 2.23. The number of benzene rings is 2. The molecular weight excluding hydrogens is 498 g/mol. The second-order valence-electron chi connectivity index (χ2n) is 7.99. The Kier molecular flexibility index (Phi) is 7.78. The van der Waals surface area contributed by atoms with Crippen molar-refractivity contribution in [1.82, 2.24) is 8.87 Å². The fourth-order valence-electron chi connectivity index (χ4n) is 3.13. The van der Waals surface area contributed by atoms with Crippen LogP contribution in [0, 0.1) is 0 Å². The van der Waals surface area contributed by atoms with E-state index in [1.807, 2.05) is 0 Å². The third kappa shape index (κ3) is 5.47. The van der Waals surface area contributed by atoms with Crippen LogP contribution in [0.4, 0.5) is 0 Å². The third-order valence-electron chi connectivity index (χ3n) is 5.30. The first-order valence-corrected chi connectivity index (χ1v) is 14.5. The van der Waals surface area contributed by atoms with Crippen LogP contribution in [-0.2, 0) is 31.1 Å². The van der Waals surface area contributed by atoms with Crippen molar-refractivity contribution in [3.05, 3.63) is 52.8 Å². The highest BCUT2D eigenvalue weighted by molar-refractivity contribution is 7.90. The first kappa shape index (κ1) is 26.2. The highest BCUT2D eigenvalue weighted by Crippen LogP contribution is 2.22. The van der Waals surface area contributed by atoms with E-state index in [2.05, 4.69) is 4.99 Å². The van der Waals surface area contributed by atoms with Crippen molar-refractivity contribution < 1.29 is 26.4 Å². The van der Waals surface area contributed by atoms with Crippen molar-refractivity contribution in [2.24, 2.45) is 4.99 Å². The summed E-state index contributed by atoms with van der Waals surface area (Å²) in [6, 6.07) is 10.2. The lowest BCUT2D eigenvalue weighted by Crippen LogP contribution is -2.33. The van der Waals surface area contributed by atoms with Gasteiger partial charge in [0.2, 0.25) is 10.0 Å². The molecule has 0 bridgehead atoms. The molecule has 2 aromatic carbocycles. The predicted octanol–water partition coefficient (Wildman–Crippen LogP) is 2.52. The number of fused-ring (bicyclic) bond motifs is 1. The second kappa shape index (κ2) is 10.1. The predicted molar refractivity (Wildman–Crippen MR) is 131 cm³/mol. The van der Waals surface area contributed by atoms with Gasteiger partial charge in [-0.3, -0.25) is 4.79 Å². The van der Waals surface area contributed by atoms with Gasteiger partial charge in [-0.25, -0.2) is 16.8 Å². The fraction of sp³-hybridized carbons (Fsp3) is 0.364. The molecule has 12 heteroatoms. The Morgan fingerprint density at radius 2 is 1.71 bits per heavy atom. The lowest BCUT2D eigenvalue weighted by atomic mass is 10.2. The number of carbonyl (C=O) groups is 1. The van der Waals surface area contributed by atoms with Crippen LogP contribution >= 0.6 is 11.3 Å². The Morgan fingerprint density at radius 3 is 2.26 bits per heavy atom. The molecule has 0 radical (unpaired) electrons. The van der Waals surface area contributed by atoms with E-state index < -0.39 is 25.8 Å². The number of hydrogen-bond donors (Lipinski definition) is 0. The lowest BCUT2D eigenvalue weighted by Gasteiger charge is -2.20. The molecule has 0 aliphatic carbocycles. The number of methoxy groups -OCH3 is 1. The summed E-state index contributed by atoms with van der Waals surface area (Å²) in [5.74, 6) is -0.540. The normalized spacial score (nSPS) is 13.3. The lowest BCUT2D eigenvalue weighted by molar-refractivity contribution is 0.0997. The maximum Gasteiger partial charge on any atom is 0.279 e. The number of rotatable bonds is 8. The first-order chi connectivity index (χ1) is 15.9. The molecule has 0 atom stereocenters. The molecule has 1 aromatic heterocycles. The van der Waals surface area contributed by atoms with Crippen LogP contribution < -0.4 is 4.80 Å². The van der Waals surface area contributed by atoms with Gasteiger partial charge in [0, 0.05) is 38.6 Å². The molecule has 1 heterocycles. The largest absolute Gasteiger partial charge is 0.383 e. The van der Waals surface area contributed by atoms with Crippen LogP contribution in [-0.4, -0.2) is 64.7 Å². The van der Waals surface area contributed by atoms with Crippen molar-refractivity contribution in [2.45, 2.75) is 36.2 Å². The Bertz CT molecular complexity index is 1480. The summed E-state index contributed by atoms with van der Waals surface area (Å²) in [5.41, 5.74) is 0.970. The molecule has 34 heavy (non-hydrogen) atoms. The zero-order valence-electron chi connectivity index (χ0n) is 19.5. The maximum absolute atomic E-state index is 12.9. The van der Waals surface area contributed by atoms with Gasteiger partial charge in [-0.05, 0) is 56.3 Å². The molecule has 0 N–H and O–H groups in total. The summed E-state index contributed by atoms with van der Waals surface area (Å²) in [6.45, 7) is 4.34. The topological polar surface area (TPSA) is 115 Å². The number of ether oxygens (including phenoxy) is 1. The molecule has 9 nitrogen and oxygen atoms in total. The number of hydrogen-bond acceptors (Lipinski definition) is 7. The van der Waals surface area contributed by atoms with E-state index >= 15 is 0 Å². The van der Waals surface area contributed by atoms with Crippen LogP contribution in [0.15, 0.2) is 57.2 Å². The Labute approximate surface area is 203 Å². The molecule has 184 valence electrons. The van der Waals surface area contributed by atoms with Gasteiger partial charge in [0.1, 0.15) is 0 Å². The van der Waals surface area contributed by atoms with Gasteiger partial charge in [-0.15, -0.1) is 0 Å². The summed E-state index contributed by atoms with van der Waals surface area (Å²) in [4.78, 5) is 17.8. The zero-order chi connectivity index (χ0) is 25.3. The minimum atomic E-state index is -3.66. The Morgan fingerprint density at radius 1 is 1.09 bits per heavy atom. The smallest absolute Gasteiger partial charge is 0.279 e. The van der Waals surface area contributed by atoms with E-state index in [1.54, 1.807) is 37.7 Å². The molecule has 0 fully saturated rings. The number of sulfone groups is 1. The minimum absolute atomic E-state index is 0.0885. The molecule has 3 rings (SSSR count). The second-order valence-corrected chi connectivity index (χ2v) is 13.0. The van der Waals surface area contributed by atoms with Gasteiger partial charge < -0.3 is 9.30 Å². The number of amides is 1. The SMILES string of the molecule is COCCn1c(=NC(=O)c2ccc(S(=O)(=O)N(C)C(C)C)cc2)sc2cc(S(C)(=O)=O)ccc21. The third-order valence-corrected chi connectivity index (χ3v) is 9.50. The summed E-state index contributed by atoms with van der Waals surface area (Å²) in [6.07, 6.45) is 1.14. The van der Waals surface area contributed by atoms with Crippen molar-refractivity contribution in [3.8, 4) is 0 Å². The summed E-state index contributed by atoms with van der Waals surface area (Å²) < 4.78 is 58.1. The number of aromatic nitrogens is 1. The summed E-state index contributed by atoms with van der Waals surface area (Å²) >= 11 is 1.20. The fourth-order valence-corrected chi connectivity index (χ4v) is 6.32. The molecule has 0 aliphatic rings. The molecule has 0 aliphatic heterocycles. The number of nitrogens with zero attached hydrogens (tertiary/aromatic N) is 3. The van der Waals surface area contributed by atoms with E-state index in [-0.39, 0.29) is 21.4 Å². The van der Waals surface area contributed by atoms with Crippen molar-refractivity contribution >= 4 is 47.3 Å². The van der Waals surface area contributed by atoms with Crippen LogP contribution in [0.5, 0.6) is 0 Å². The molecule has 0 unspecified atom stereocenters. The Hall–Kier alpha value is -2.38. The zero-order valence-corrected chi connectivity index (χ0v) is 22.0. The molecule has 0 saturated heterocycles. The average molecular weight is 526 g/mol. The van der Waals surface area contributed by atoms with E-state index in [4.69, 9.17) is 4.74 Å². The van der Waals surface area contributed by atoms with Gasteiger partial charge in [0.05, 0.1) is 26.6 Å². The standard InChI is InChI=1S/C22H27N3O6S3/c1-15(2)24(3)34(29,30)17-8-6-16(7-9-17)21(26)23-22-25(12-13-31-4)19-11-10-18(33(5,27)28)14-20(19)32-22/h6-11,14-15H,12-13H2,1-5H3. The van der Waals surface area contributed by atoms with E-state index in [0.717, 1.165) is 11.8 Å². The average Bonchev–Trinajstić information content (AvgIpc) is 3.12. The minimum Gasteiger partial charge on any atom is -0.383 e. The maximum atomic E-state index is 12.9. The van der Waals surface area contributed by atoms with Crippen LogP contribution in [0.3, 0.4) is 0 Å². The van der Waals surface area contributed by atoms with Gasteiger partial charge in [0.25, 0.3) is 5.91 Å². The summed E-state index contributed by atoms with van der Waals surface area (Å²) in [5, 5.41) is 0. The van der Waals surface area contributed by atoms with Crippen LogP contribution in [0.1, 0.15) is 24.2 Å². The first-order valence-electron chi connectivity index (χ1n) is 10.4. The molecule has 3 aromatic rings. The number of carbonyl (C=O) groups excluding carboxylic acids is 1. The van der Waals surface area contributed by atoms with Gasteiger partial charge >= 0.3 is 0 Å².